The lowest BCUT2D eigenvalue weighted by Gasteiger charge is -2.48. The fourth-order valence-electron chi connectivity index (χ4n) is 3.54. The minimum absolute atomic E-state index is 0.816. The third kappa shape index (κ3) is 2.31. The molecule has 0 saturated heterocycles. The van der Waals surface area contributed by atoms with E-state index in [1.807, 2.05) is 0 Å². The lowest BCUT2D eigenvalue weighted by molar-refractivity contribution is 0.0381. The zero-order valence-electron chi connectivity index (χ0n) is 9.65. The maximum atomic E-state index is 3.49. The van der Waals surface area contributed by atoms with E-state index >= 15 is 0 Å². The van der Waals surface area contributed by atoms with Crippen molar-refractivity contribution in [1.29, 1.82) is 0 Å². The fraction of sp³-hybridized carbons (Fsp3) is 1.00. The van der Waals surface area contributed by atoms with Gasteiger partial charge in [0.25, 0.3) is 0 Å². The van der Waals surface area contributed by atoms with Crippen LogP contribution in [0.2, 0.25) is 0 Å². The van der Waals surface area contributed by atoms with Gasteiger partial charge in [-0.05, 0) is 50.1 Å². The zero-order valence-corrected chi connectivity index (χ0v) is 9.65. The molecule has 2 fully saturated rings. The molecule has 0 radical (unpaired) electrons. The normalized spacial score (nSPS) is 27.2. The number of nitrogens with one attached hydrogen (secondary N) is 1. The van der Waals surface area contributed by atoms with Gasteiger partial charge in [-0.3, -0.25) is 0 Å². The van der Waals surface area contributed by atoms with Gasteiger partial charge in [-0.2, -0.15) is 0 Å². The molecule has 2 saturated carbocycles. The van der Waals surface area contributed by atoms with E-state index in [0.29, 0.717) is 0 Å². The topological polar surface area (TPSA) is 12.0 Å². The van der Waals surface area contributed by atoms with Gasteiger partial charge in [0.2, 0.25) is 0 Å². The first kappa shape index (κ1) is 10.5. The van der Waals surface area contributed by atoms with Crippen LogP contribution in [0.25, 0.3) is 0 Å². The van der Waals surface area contributed by atoms with Crippen LogP contribution in [0.1, 0.15) is 58.3 Å². The summed E-state index contributed by atoms with van der Waals surface area (Å²) in [5.41, 5.74) is 0.816. The van der Waals surface area contributed by atoms with Gasteiger partial charge in [0, 0.05) is 0 Å². The summed E-state index contributed by atoms with van der Waals surface area (Å²) in [5.74, 6) is 1.01. The predicted molar refractivity (Wildman–Crippen MR) is 61.4 cm³/mol. The molecule has 2 aliphatic rings. The van der Waals surface area contributed by atoms with Gasteiger partial charge in [0.05, 0.1) is 0 Å². The molecule has 1 nitrogen and oxygen atoms in total. The maximum Gasteiger partial charge on any atom is -0.00202 e. The van der Waals surface area contributed by atoms with Crippen molar-refractivity contribution in [2.75, 3.05) is 13.1 Å². The van der Waals surface area contributed by atoms with Crippen molar-refractivity contribution in [2.24, 2.45) is 11.3 Å². The van der Waals surface area contributed by atoms with Crippen LogP contribution in [0.5, 0.6) is 0 Å². The number of rotatable bonds is 3. The van der Waals surface area contributed by atoms with Gasteiger partial charge in [0.15, 0.2) is 0 Å². The van der Waals surface area contributed by atoms with Crippen molar-refractivity contribution in [3.8, 4) is 0 Å². The van der Waals surface area contributed by atoms with E-state index in [4.69, 9.17) is 0 Å². The summed E-state index contributed by atoms with van der Waals surface area (Å²) in [5, 5.41) is 3.49. The third-order valence-electron chi connectivity index (χ3n) is 4.29. The van der Waals surface area contributed by atoms with E-state index in [2.05, 4.69) is 12.2 Å². The Hall–Kier alpha value is -0.0400. The quantitative estimate of drug-likeness (QED) is 0.728. The average molecular weight is 195 g/mol. The van der Waals surface area contributed by atoms with E-state index in [-0.39, 0.29) is 0 Å². The highest BCUT2D eigenvalue weighted by Crippen LogP contribution is 2.53. The molecule has 2 aliphatic carbocycles. The smallest absolute Gasteiger partial charge is 0.00202 e. The Morgan fingerprint density at radius 3 is 2.29 bits per heavy atom. The van der Waals surface area contributed by atoms with Gasteiger partial charge in [-0.25, -0.2) is 0 Å². The van der Waals surface area contributed by atoms with Crippen LogP contribution in [0.3, 0.4) is 0 Å². The maximum absolute atomic E-state index is 3.49. The van der Waals surface area contributed by atoms with Crippen molar-refractivity contribution >= 4 is 0 Å². The molecule has 1 heteroatoms. The highest BCUT2D eigenvalue weighted by molar-refractivity contribution is 4.95. The van der Waals surface area contributed by atoms with Crippen LogP contribution in [-0.4, -0.2) is 13.1 Å². The first-order valence-corrected chi connectivity index (χ1v) is 6.55. The Balaban J connectivity index is 1.72. The summed E-state index contributed by atoms with van der Waals surface area (Å²) in [6.45, 7) is 4.63. The summed E-state index contributed by atoms with van der Waals surface area (Å²) in [6.07, 6.45) is 12.1. The Bertz CT molecular complexity index is 160. The van der Waals surface area contributed by atoms with Gasteiger partial charge < -0.3 is 5.32 Å². The summed E-state index contributed by atoms with van der Waals surface area (Å²) in [6, 6.07) is 0. The molecule has 0 aromatic carbocycles. The Labute approximate surface area is 88.7 Å². The molecule has 0 amide bonds. The van der Waals surface area contributed by atoms with Crippen LogP contribution in [0.4, 0.5) is 0 Å². The summed E-state index contributed by atoms with van der Waals surface area (Å²) < 4.78 is 0. The summed E-state index contributed by atoms with van der Waals surface area (Å²) in [4.78, 5) is 0. The average Bonchev–Trinajstić information content (AvgIpc) is 2.38. The fourth-order valence-corrected chi connectivity index (χ4v) is 3.54. The molecule has 0 aliphatic heterocycles. The number of hydrogen-bond donors (Lipinski definition) is 1. The Morgan fingerprint density at radius 2 is 1.71 bits per heavy atom. The minimum Gasteiger partial charge on any atom is -0.317 e. The lowest BCUT2D eigenvalue weighted by Crippen LogP contribution is -2.41. The predicted octanol–water partition coefficient (Wildman–Crippen LogP) is 3.35. The second kappa shape index (κ2) is 4.65. The standard InChI is InChI=1S/C13H25N/c1-2-14-11-12-9-13(10-12)7-5-3-4-6-8-13/h12,14H,2-11H2,1H3. The third-order valence-corrected chi connectivity index (χ3v) is 4.29. The first-order chi connectivity index (χ1) is 6.85. The van der Waals surface area contributed by atoms with Gasteiger partial charge in [-0.1, -0.05) is 32.6 Å². The second-order valence-corrected chi connectivity index (χ2v) is 5.50. The summed E-state index contributed by atoms with van der Waals surface area (Å²) >= 11 is 0. The van der Waals surface area contributed by atoms with Crippen LogP contribution < -0.4 is 5.32 Å². The SMILES string of the molecule is CCNCC1CC2(CCCCCC2)C1. The highest BCUT2D eigenvalue weighted by atomic mass is 14.9. The molecule has 2 rings (SSSR count). The van der Waals surface area contributed by atoms with Crippen molar-refractivity contribution < 1.29 is 0 Å². The van der Waals surface area contributed by atoms with Gasteiger partial charge in [-0.15, -0.1) is 0 Å². The van der Waals surface area contributed by atoms with Crippen LogP contribution in [-0.2, 0) is 0 Å². The summed E-state index contributed by atoms with van der Waals surface area (Å²) in [7, 11) is 0. The van der Waals surface area contributed by atoms with Crippen molar-refractivity contribution in [3.63, 3.8) is 0 Å². The monoisotopic (exact) mass is 195 g/mol. The molecule has 0 bridgehead atoms. The molecule has 0 aromatic rings. The first-order valence-electron chi connectivity index (χ1n) is 6.55. The lowest BCUT2D eigenvalue weighted by atomic mass is 9.58. The van der Waals surface area contributed by atoms with Crippen LogP contribution in [0.15, 0.2) is 0 Å². The Kier molecular flexibility index (Phi) is 3.48. The van der Waals surface area contributed by atoms with E-state index < -0.39 is 0 Å². The number of hydrogen-bond acceptors (Lipinski definition) is 1. The molecule has 82 valence electrons. The molecule has 0 aromatic heterocycles. The molecule has 14 heavy (non-hydrogen) atoms. The van der Waals surface area contributed by atoms with E-state index in [0.717, 1.165) is 17.9 Å². The minimum atomic E-state index is 0.816. The molecule has 1 spiro atoms. The molecular formula is C13H25N. The second-order valence-electron chi connectivity index (χ2n) is 5.50. The van der Waals surface area contributed by atoms with Crippen LogP contribution >= 0.6 is 0 Å². The van der Waals surface area contributed by atoms with Crippen molar-refractivity contribution in [2.45, 2.75) is 58.3 Å². The molecule has 0 unspecified atom stereocenters. The van der Waals surface area contributed by atoms with E-state index in [1.165, 1.54) is 57.9 Å². The van der Waals surface area contributed by atoms with E-state index in [9.17, 15) is 0 Å². The van der Waals surface area contributed by atoms with Crippen molar-refractivity contribution in [1.82, 2.24) is 5.32 Å². The van der Waals surface area contributed by atoms with Crippen molar-refractivity contribution in [3.05, 3.63) is 0 Å². The largest absolute Gasteiger partial charge is 0.317 e. The Morgan fingerprint density at radius 1 is 1.07 bits per heavy atom. The van der Waals surface area contributed by atoms with E-state index in [1.54, 1.807) is 0 Å². The molecular weight excluding hydrogens is 170 g/mol. The van der Waals surface area contributed by atoms with Crippen LogP contribution in [0, 0.1) is 11.3 Å². The van der Waals surface area contributed by atoms with Gasteiger partial charge in [0.1, 0.15) is 0 Å². The molecule has 0 heterocycles. The molecule has 1 N–H and O–H groups in total. The molecule has 0 atom stereocenters. The highest BCUT2D eigenvalue weighted by Gasteiger charge is 2.42. The van der Waals surface area contributed by atoms with Gasteiger partial charge >= 0.3 is 0 Å². The zero-order chi connectivity index (χ0) is 9.86.